The van der Waals surface area contributed by atoms with Crippen LogP contribution in [0.15, 0.2) is 76.7 Å². The highest BCUT2D eigenvalue weighted by Crippen LogP contribution is 2.20. The number of thioether (sulfide) groups is 1. The summed E-state index contributed by atoms with van der Waals surface area (Å²) < 4.78 is 0. The summed E-state index contributed by atoms with van der Waals surface area (Å²) in [5.74, 6) is 0.667. The predicted molar refractivity (Wildman–Crippen MR) is 110 cm³/mol. The first-order chi connectivity index (χ1) is 13.7. The molecule has 0 aliphatic carbocycles. The van der Waals surface area contributed by atoms with Gasteiger partial charge in [0.2, 0.25) is 0 Å². The van der Waals surface area contributed by atoms with Crippen molar-refractivity contribution in [3.8, 4) is 0 Å². The number of pyridine rings is 1. The highest BCUT2D eigenvalue weighted by atomic mass is 32.2. The number of benzene rings is 2. The van der Waals surface area contributed by atoms with Gasteiger partial charge in [0, 0.05) is 24.1 Å². The van der Waals surface area contributed by atoms with E-state index >= 15 is 0 Å². The van der Waals surface area contributed by atoms with Crippen molar-refractivity contribution >= 4 is 28.7 Å². The lowest BCUT2D eigenvalue weighted by atomic mass is 10.1. The largest absolute Gasteiger partial charge is 0.348 e. The van der Waals surface area contributed by atoms with E-state index in [1.807, 2.05) is 60.7 Å². The van der Waals surface area contributed by atoms with Gasteiger partial charge in [-0.3, -0.25) is 4.79 Å². The lowest BCUT2D eigenvalue weighted by Crippen LogP contribution is -2.22. The second kappa shape index (κ2) is 8.14. The molecular formula is C21H18N4O2S. The fourth-order valence-electron chi connectivity index (χ4n) is 2.82. The molecule has 0 spiro atoms. The molecule has 2 aromatic carbocycles. The Morgan fingerprint density at radius 2 is 1.75 bits per heavy atom. The summed E-state index contributed by atoms with van der Waals surface area (Å²) in [5.41, 5.74) is 3.90. The number of nitrogens with zero attached hydrogens (tertiary/aromatic N) is 1. The van der Waals surface area contributed by atoms with Gasteiger partial charge in [-0.1, -0.05) is 24.3 Å². The molecule has 0 unspecified atom stereocenters. The van der Waals surface area contributed by atoms with Crippen LogP contribution in [0.4, 0.5) is 0 Å². The van der Waals surface area contributed by atoms with Gasteiger partial charge in [-0.05, 0) is 47.5 Å². The highest BCUT2D eigenvalue weighted by Gasteiger charge is 2.07. The summed E-state index contributed by atoms with van der Waals surface area (Å²) >= 11 is 1.66. The van der Waals surface area contributed by atoms with Crippen LogP contribution in [0.5, 0.6) is 0 Å². The Hall–Kier alpha value is -3.32. The number of H-pyrrole nitrogens is 2. The Labute approximate surface area is 165 Å². The molecule has 4 aromatic rings. The first-order valence-corrected chi connectivity index (χ1v) is 9.78. The maximum absolute atomic E-state index is 12.4. The second-order valence-electron chi connectivity index (χ2n) is 6.30. The molecule has 0 saturated heterocycles. The first kappa shape index (κ1) is 18.1. The molecule has 0 aliphatic rings. The van der Waals surface area contributed by atoms with E-state index in [0.717, 1.165) is 32.9 Å². The van der Waals surface area contributed by atoms with Crippen molar-refractivity contribution in [3.63, 3.8) is 0 Å². The molecule has 6 nitrogen and oxygen atoms in total. The van der Waals surface area contributed by atoms with E-state index in [1.54, 1.807) is 18.0 Å². The number of rotatable bonds is 6. The molecule has 3 N–H and O–H groups in total. The Kier molecular flexibility index (Phi) is 5.25. The minimum absolute atomic E-state index is 0.133. The summed E-state index contributed by atoms with van der Waals surface area (Å²) in [6.45, 7) is 0.388. The van der Waals surface area contributed by atoms with Crippen LogP contribution < -0.4 is 11.0 Å². The van der Waals surface area contributed by atoms with Gasteiger partial charge in [0.1, 0.15) is 0 Å². The fourth-order valence-corrected chi connectivity index (χ4v) is 3.63. The van der Waals surface area contributed by atoms with Crippen molar-refractivity contribution in [2.24, 2.45) is 0 Å². The summed E-state index contributed by atoms with van der Waals surface area (Å²) in [7, 11) is 0. The lowest BCUT2D eigenvalue weighted by molar-refractivity contribution is 0.0951. The van der Waals surface area contributed by atoms with Gasteiger partial charge in [-0.25, -0.2) is 9.78 Å². The van der Waals surface area contributed by atoms with Gasteiger partial charge in [0.15, 0.2) is 0 Å². The number of carbonyl (C=O) groups excluding carboxylic acids is 1. The summed E-state index contributed by atoms with van der Waals surface area (Å²) in [6.07, 6.45) is 1.78. The van der Waals surface area contributed by atoms with Crippen LogP contribution >= 0.6 is 11.8 Å². The van der Waals surface area contributed by atoms with Gasteiger partial charge in [0.25, 0.3) is 5.91 Å². The van der Waals surface area contributed by atoms with Gasteiger partial charge < -0.3 is 15.3 Å². The molecule has 28 heavy (non-hydrogen) atoms. The van der Waals surface area contributed by atoms with Crippen LogP contribution in [0.1, 0.15) is 21.5 Å². The second-order valence-corrected chi connectivity index (χ2v) is 7.29. The Morgan fingerprint density at radius 1 is 0.964 bits per heavy atom. The fraction of sp³-hybridized carbons (Fsp3) is 0.0952. The number of aromatic nitrogens is 3. The Bertz CT molecular complexity index is 1150. The number of imidazole rings is 1. The molecule has 0 aliphatic heterocycles. The van der Waals surface area contributed by atoms with Gasteiger partial charge in [-0.2, -0.15) is 0 Å². The summed E-state index contributed by atoms with van der Waals surface area (Å²) in [6, 6.07) is 19.0. The molecular weight excluding hydrogens is 372 g/mol. The molecule has 0 bridgehead atoms. The zero-order valence-corrected chi connectivity index (χ0v) is 15.8. The van der Waals surface area contributed by atoms with Crippen LogP contribution in [-0.2, 0) is 12.3 Å². The number of aromatic amines is 2. The maximum atomic E-state index is 12.4. The van der Waals surface area contributed by atoms with E-state index in [9.17, 15) is 9.59 Å². The minimum atomic E-state index is -0.238. The van der Waals surface area contributed by atoms with E-state index in [2.05, 4.69) is 20.3 Å². The lowest BCUT2D eigenvalue weighted by Gasteiger charge is -2.07. The van der Waals surface area contributed by atoms with Crippen LogP contribution in [-0.4, -0.2) is 20.9 Å². The van der Waals surface area contributed by atoms with Crippen molar-refractivity contribution in [3.05, 3.63) is 94.0 Å². The molecule has 7 heteroatoms. The standard InChI is InChI=1S/C21H18N4O2S/c26-20(23-12-15-6-9-17-18(11-15)25-21(27)24-17)16-7-4-14(5-8-16)13-28-19-3-1-2-10-22-19/h1-11H,12-13H2,(H,23,26)(H2,24,25,27). The van der Waals surface area contributed by atoms with Crippen molar-refractivity contribution in [2.45, 2.75) is 17.3 Å². The number of nitrogens with one attached hydrogen (secondary N) is 3. The van der Waals surface area contributed by atoms with Crippen LogP contribution in [0.25, 0.3) is 11.0 Å². The third-order valence-electron chi connectivity index (χ3n) is 4.27. The number of fused-ring (bicyclic) bond motifs is 1. The van der Waals surface area contributed by atoms with Crippen molar-refractivity contribution < 1.29 is 4.79 Å². The van der Waals surface area contributed by atoms with E-state index in [1.165, 1.54) is 0 Å². The number of amides is 1. The monoisotopic (exact) mass is 390 g/mol. The number of hydrogen-bond acceptors (Lipinski definition) is 4. The Morgan fingerprint density at radius 3 is 2.54 bits per heavy atom. The third-order valence-corrected chi connectivity index (χ3v) is 5.29. The van der Waals surface area contributed by atoms with E-state index in [4.69, 9.17) is 0 Å². The topological polar surface area (TPSA) is 90.6 Å². The van der Waals surface area contributed by atoms with E-state index < -0.39 is 0 Å². The maximum Gasteiger partial charge on any atom is 0.323 e. The van der Waals surface area contributed by atoms with E-state index in [-0.39, 0.29) is 11.6 Å². The molecule has 0 radical (unpaired) electrons. The van der Waals surface area contributed by atoms with Gasteiger partial charge in [-0.15, -0.1) is 11.8 Å². The average molecular weight is 390 g/mol. The van der Waals surface area contributed by atoms with Gasteiger partial charge >= 0.3 is 5.69 Å². The predicted octanol–water partition coefficient (Wildman–Crippen LogP) is 3.47. The molecule has 0 fully saturated rings. The van der Waals surface area contributed by atoms with Crippen LogP contribution in [0.2, 0.25) is 0 Å². The Balaban J connectivity index is 1.34. The number of hydrogen-bond donors (Lipinski definition) is 3. The SMILES string of the molecule is O=C(NCc1ccc2[nH]c(=O)[nH]c2c1)c1ccc(CSc2ccccn2)cc1. The molecule has 140 valence electrons. The van der Waals surface area contributed by atoms with Crippen molar-refractivity contribution in [1.82, 2.24) is 20.3 Å². The van der Waals surface area contributed by atoms with Crippen molar-refractivity contribution in [2.75, 3.05) is 0 Å². The zero-order chi connectivity index (χ0) is 19.3. The molecule has 2 heterocycles. The number of carbonyl (C=O) groups is 1. The first-order valence-electron chi connectivity index (χ1n) is 8.79. The molecule has 0 saturated carbocycles. The average Bonchev–Trinajstić information content (AvgIpc) is 3.11. The van der Waals surface area contributed by atoms with Crippen LogP contribution in [0.3, 0.4) is 0 Å². The molecule has 2 aromatic heterocycles. The minimum Gasteiger partial charge on any atom is -0.348 e. The zero-order valence-electron chi connectivity index (χ0n) is 14.9. The molecule has 0 atom stereocenters. The summed E-state index contributed by atoms with van der Waals surface area (Å²) in [5, 5.41) is 3.88. The quantitative estimate of drug-likeness (QED) is 0.440. The van der Waals surface area contributed by atoms with Crippen LogP contribution in [0, 0.1) is 0 Å². The normalized spacial score (nSPS) is 10.9. The molecule has 4 rings (SSSR count). The highest BCUT2D eigenvalue weighted by molar-refractivity contribution is 7.98. The van der Waals surface area contributed by atoms with Crippen molar-refractivity contribution in [1.29, 1.82) is 0 Å². The summed E-state index contributed by atoms with van der Waals surface area (Å²) in [4.78, 5) is 33.4. The van der Waals surface area contributed by atoms with Gasteiger partial charge in [0.05, 0.1) is 16.1 Å². The third kappa shape index (κ3) is 4.32. The van der Waals surface area contributed by atoms with E-state index in [0.29, 0.717) is 12.1 Å². The smallest absolute Gasteiger partial charge is 0.323 e. The molecule has 1 amide bonds.